The Kier molecular flexibility index (Phi) is 4.18. The molecule has 0 radical (unpaired) electrons. The number of nitrogens with two attached hydrogens (primary N) is 1. The predicted molar refractivity (Wildman–Crippen MR) is 79.5 cm³/mol. The van der Waals surface area contributed by atoms with Gasteiger partial charge in [-0.3, -0.25) is 9.48 Å². The van der Waals surface area contributed by atoms with Crippen molar-refractivity contribution in [2.45, 2.75) is 52.1 Å². The van der Waals surface area contributed by atoms with Crippen LogP contribution >= 0.6 is 0 Å². The summed E-state index contributed by atoms with van der Waals surface area (Å²) < 4.78 is 1.84. The van der Waals surface area contributed by atoms with Gasteiger partial charge in [0, 0.05) is 25.3 Å². The molecule has 112 valence electrons. The first kappa shape index (κ1) is 15.0. The number of hydrogen-bond acceptors (Lipinski definition) is 3. The third-order valence-corrected chi connectivity index (χ3v) is 4.01. The summed E-state index contributed by atoms with van der Waals surface area (Å²) >= 11 is 0. The molecule has 1 saturated heterocycles. The summed E-state index contributed by atoms with van der Waals surface area (Å²) in [5, 5.41) is 4.30. The van der Waals surface area contributed by atoms with Gasteiger partial charge in [0.05, 0.1) is 17.3 Å². The lowest BCUT2D eigenvalue weighted by atomic mass is 9.92. The second kappa shape index (κ2) is 5.56. The summed E-state index contributed by atoms with van der Waals surface area (Å²) in [5.74, 6) is 0.483. The summed E-state index contributed by atoms with van der Waals surface area (Å²) in [6.07, 6.45) is 5.66. The normalized spacial score (nSPS) is 21.9. The highest BCUT2D eigenvalue weighted by Crippen LogP contribution is 2.21. The minimum Gasteiger partial charge on any atom is -0.338 e. The van der Waals surface area contributed by atoms with E-state index in [4.69, 9.17) is 5.73 Å². The van der Waals surface area contributed by atoms with Crippen LogP contribution in [0.25, 0.3) is 0 Å². The van der Waals surface area contributed by atoms with Crippen molar-refractivity contribution in [2.75, 3.05) is 13.1 Å². The van der Waals surface area contributed by atoms with E-state index in [0.29, 0.717) is 11.5 Å². The lowest BCUT2D eigenvalue weighted by Crippen LogP contribution is -2.45. The third-order valence-electron chi connectivity index (χ3n) is 4.01. The van der Waals surface area contributed by atoms with E-state index in [1.54, 1.807) is 6.20 Å². The van der Waals surface area contributed by atoms with Crippen molar-refractivity contribution >= 4 is 5.91 Å². The smallest absolute Gasteiger partial charge is 0.257 e. The minimum atomic E-state index is -0.102. The number of amides is 1. The molecule has 0 spiro atoms. The Balaban J connectivity index is 2.09. The molecule has 0 aliphatic carbocycles. The van der Waals surface area contributed by atoms with Crippen molar-refractivity contribution in [1.82, 2.24) is 14.7 Å². The quantitative estimate of drug-likeness (QED) is 0.897. The topological polar surface area (TPSA) is 64.2 Å². The number of likely N-dealkylation sites (tertiary alicyclic amines) is 1. The summed E-state index contributed by atoms with van der Waals surface area (Å²) in [6, 6.07) is 0.142. The molecule has 1 amide bonds. The van der Waals surface area contributed by atoms with Gasteiger partial charge >= 0.3 is 0 Å². The summed E-state index contributed by atoms with van der Waals surface area (Å²) in [4.78, 5) is 14.5. The molecule has 0 bridgehead atoms. The molecule has 2 atom stereocenters. The van der Waals surface area contributed by atoms with E-state index < -0.39 is 0 Å². The fraction of sp³-hybridized carbons (Fsp3) is 0.733. The Morgan fingerprint density at radius 1 is 1.50 bits per heavy atom. The van der Waals surface area contributed by atoms with Crippen molar-refractivity contribution in [3.8, 4) is 0 Å². The molecular formula is C15H26N4O. The molecule has 5 heteroatoms. The SMILES string of the molecule is CC(N)C1CCCN(C(=O)c2cnn(C(C)(C)C)c2)C1. The van der Waals surface area contributed by atoms with Crippen LogP contribution in [-0.4, -0.2) is 39.7 Å². The van der Waals surface area contributed by atoms with E-state index in [1.165, 1.54) is 0 Å². The number of hydrogen-bond donors (Lipinski definition) is 1. The average Bonchev–Trinajstić information content (AvgIpc) is 2.87. The molecule has 1 aliphatic rings. The molecule has 1 aromatic heterocycles. The van der Waals surface area contributed by atoms with Crippen molar-refractivity contribution in [1.29, 1.82) is 0 Å². The van der Waals surface area contributed by atoms with Crippen LogP contribution in [0, 0.1) is 5.92 Å². The molecule has 2 unspecified atom stereocenters. The minimum absolute atomic E-state index is 0.0749. The first-order valence-electron chi connectivity index (χ1n) is 7.39. The van der Waals surface area contributed by atoms with Crippen LogP contribution in [0.15, 0.2) is 12.4 Å². The van der Waals surface area contributed by atoms with Gasteiger partial charge in [0.15, 0.2) is 0 Å². The number of carbonyl (C=O) groups is 1. The lowest BCUT2D eigenvalue weighted by Gasteiger charge is -2.34. The van der Waals surface area contributed by atoms with Gasteiger partial charge in [-0.25, -0.2) is 0 Å². The van der Waals surface area contributed by atoms with Crippen LogP contribution in [0.5, 0.6) is 0 Å². The molecule has 1 aliphatic heterocycles. The van der Waals surface area contributed by atoms with Crippen LogP contribution in [0.2, 0.25) is 0 Å². The van der Waals surface area contributed by atoms with Gasteiger partial charge in [0.1, 0.15) is 0 Å². The molecule has 2 rings (SSSR count). The zero-order valence-electron chi connectivity index (χ0n) is 13.0. The molecule has 0 saturated carbocycles. The Bertz CT molecular complexity index is 472. The predicted octanol–water partition coefficient (Wildman–Crippen LogP) is 1.84. The van der Waals surface area contributed by atoms with Crippen molar-refractivity contribution in [3.05, 3.63) is 18.0 Å². The fourth-order valence-corrected chi connectivity index (χ4v) is 2.61. The van der Waals surface area contributed by atoms with Crippen LogP contribution in [-0.2, 0) is 5.54 Å². The lowest BCUT2D eigenvalue weighted by molar-refractivity contribution is 0.0661. The summed E-state index contributed by atoms with van der Waals surface area (Å²) in [7, 11) is 0. The maximum Gasteiger partial charge on any atom is 0.257 e. The Morgan fingerprint density at radius 3 is 2.75 bits per heavy atom. The number of rotatable bonds is 2. The molecule has 5 nitrogen and oxygen atoms in total. The molecule has 1 fully saturated rings. The van der Waals surface area contributed by atoms with Crippen molar-refractivity contribution < 1.29 is 4.79 Å². The number of carbonyl (C=O) groups excluding carboxylic acids is 1. The van der Waals surface area contributed by atoms with Crippen molar-refractivity contribution in [3.63, 3.8) is 0 Å². The first-order chi connectivity index (χ1) is 9.29. The molecule has 2 N–H and O–H groups in total. The van der Waals surface area contributed by atoms with E-state index in [0.717, 1.165) is 25.9 Å². The van der Waals surface area contributed by atoms with Crippen molar-refractivity contribution in [2.24, 2.45) is 11.7 Å². The summed E-state index contributed by atoms with van der Waals surface area (Å²) in [5.41, 5.74) is 6.54. The van der Waals surface area contributed by atoms with E-state index >= 15 is 0 Å². The van der Waals surface area contributed by atoms with Gasteiger partial charge < -0.3 is 10.6 Å². The largest absolute Gasteiger partial charge is 0.338 e. The maximum absolute atomic E-state index is 12.5. The molecular weight excluding hydrogens is 252 g/mol. The highest BCUT2D eigenvalue weighted by molar-refractivity contribution is 5.93. The van der Waals surface area contributed by atoms with Gasteiger partial charge in [-0.1, -0.05) is 0 Å². The number of piperidine rings is 1. The zero-order chi connectivity index (χ0) is 14.9. The van der Waals surface area contributed by atoms with Gasteiger partial charge in [-0.15, -0.1) is 0 Å². The molecule has 2 heterocycles. The van der Waals surface area contributed by atoms with Crippen LogP contribution < -0.4 is 5.73 Å². The van der Waals surface area contributed by atoms with E-state index in [1.807, 2.05) is 22.7 Å². The monoisotopic (exact) mass is 278 g/mol. The fourth-order valence-electron chi connectivity index (χ4n) is 2.61. The van der Waals surface area contributed by atoms with E-state index in [9.17, 15) is 4.79 Å². The summed E-state index contributed by atoms with van der Waals surface area (Å²) in [6.45, 7) is 9.82. The first-order valence-corrected chi connectivity index (χ1v) is 7.39. The molecule has 0 aromatic carbocycles. The van der Waals surface area contributed by atoms with E-state index in [2.05, 4.69) is 25.9 Å². The van der Waals surface area contributed by atoms with Gasteiger partial charge in [0.2, 0.25) is 0 Å². The van der Waals surface area contributed by atoms with Crippen LogP contribution in [0.1, 0.15) is 50.9 Å². The van der Waals surface area contributed by atoms with Gasteiger partial charge in [0.25, 0.3) is 5.91 Å². The Labute approximate surface area is 121 Å². The number of nitrogens with zero attached hydrogens (tertiary/aromatic N) is 3. The molecule has 20 heavy (non-hydrogen) atoms. The van der Waals surface area contributed by atoms with Gasteiger partial charge in [-0.05, 0) is 46.5 Å². The Hall–Kier alpha value is -1.36. The Morgan fingerprint density at radius 2 is 2.20 bits per heavy atom. The third kappa shape index (κ3) is 3.20. The second-order valence-corrected chi connectivity index (χ2v) is 6.86. The zero-order valence-corrected chi connectivity index (χ0v) is 13.0. The highest BCUT2D eigenvalue weighted by Gasteiger charge is 2.27. The second-order valence-electron chi connectivity index (χ2n) is 6.86. The highest BCUT2D eigenvalue weighted by atomic mass is 16.2. The maximum atomic E-state index is 12.5. The standard InChI is InChI=1S/C15H26N4O/c1-11(16)12-6-5-7-18(9-12)14(20)13-8-17-19(10-13)15(2,3)4/h8,10-12H,5-7,9,16H2,1-4H3. The van der Waals surface area contributed by atoms with Crippen LogP contribution in [0.3, 0.4) is 0 Å². The average molecular weight is 278 g/mol. The van der Waals surface area contributed by atoms with Gasteiger partial charge in [-0.2, -0.15) is 5.10 Å². The van der Waals surface area contributed by atoms with Crippen LogP contribution in [0.4, 0.5) is 0 Å². The number of aromatic nitrogens is 2. The molecule has 1 aromatic rings. The van der Waals surface area contributed by atoms with E-state index in [-0.39, 0.29) is 17.5 Å².